The summed E-state index contributed by atoms with van der Waals surface area (Å²) >= 11 is 11.8. The van der Waals surface area contributed by atoms with Crippen molar-refractivity contribution in [2.24, 2.45) is 0 Å². The van der Waals surface area contributed by atoms with Crippen molar-refractivity contribution in [1.82, 2.24) is 19.9 Å². The van der Waals surface area contributed by atoms with E-state index in [2.05, 4.69) is 43.6 Å². The van der Waals surface area contributed by atoms with Crippen LogP contribution in [0.2, 0.25) is 10.0 Å². The predicted octanol–water partition coefficient (Wildman–Crippen LogP) is 5.44. The molecule has 0 aromatic carbocycles. The highest BCUT2D eigenvalue weighted by atomic mass is 35.5. The molecule has 4 aromatic heterocycles. The number of hydrogen-bond donors (Lipinski definition) is 0. The zero-order valence-corrected chi connectivity index (χ0v) is 23.4. The topological polar surface area (TPSA) is 118 Å². The van der Waals surface area contributed by atoms with Crippen molar-refractivity contribution < 1.29 is 9.47 Å². The number of hydrogen-bond acceptors (Lipinski definition) is 8. The molecule has 0 fully saturated rings. The zero-order valence-electron chi connectivity index (χ0n) is 21.9. The summed E-state index contributed by atoms with van der Waals surface area (Å²) < 4.78 is 10.1. The third kappa shape index (κ3) is 7.94. The van der Waals surface area contributed by atoms with Gasteiger partial charge in [-0.25, -0.2) is 19.9 Å². The normalized spacial score (nSPS) is 9.30. The van der Waals surface area contributed by atoms with Crippen LogP contribution in [0.3, 0.4) is 0 Å². The van der Waals surface area contributed by atoms with Crippen LogP contribution in [-0.2, 0) is 0 Å². The second-order valence-corrected chi connectivity index (χ2v) is 8.73. The van der Waals surface area contributed by atoms with E-state index in [0.29, 0.717) is 32.9 Å². The Morgan fingerprint density at radius 3 is 1.30 bits per heavy atom. The summed E-state index contributed by atoms with van der Waals surface area (Å²) in [6.07, 6.45) is 6.34. The molecule has 196 valence electrons. The molecule has 0 atom stereocenters. The molecule has 0 radical (unpaired) electrons. The fourth-order valence-electron chi connectivity index (χ4n) is 3.00. The van der Waals surface area contributed by atoms with Gasteiger partial charge in [-0.1, -0.05) is 46.9 Å². The van der Waals surface area contributed by atoms with Crippen LogP contribution in [0.5, 0.6) is 11.8 Å². The van der Waals surface area contributed by atoms with E-state index in [9.17, 15) is 0 Å². The average molecular weight is 567 g/mol. The number of aryl methyl sites for hydroxylation is 2. The molecular formula is C30H20Cl2N6O2. The number of ether oxygens (including phenoxy) is 2. The highest BCUT2D eigenvalue weighted by Gasteiger charge is 2.03. The lowest BCUT2D eigenvalue weighted by atomic mass is 10.1. The Kier molecular flexibility index (Phi) is 10.4. The molecule has 0 aliphatic carbocycles. The standard InChI is InChI=1S/2C15H10ClN3O/c2*1-10-5-15(20-2)19-9-12(10)4-3-11-6-13(16)14(7-17)18-8-11/h2*5-6,8-9H,1-2H3. The van der Waals surface area contributed by atoms with Crippen LogP contribution in [0.25, 0.3) is 0 Å². The molecule has 0 N–H and O–H groups in total. The molecule has 0 spiro atoms. The van der Waals surface area contributed by atoms with Gasteiger partial charge in [-0.2, -0.15) is 10.5 Å². The van der Waals surface area contributed by atoms with Crippen molar-refractivity contribution in [1.29, 1.82) is 10.5 Å². The minimum Gasteiger partial charge on any atom is -0.481 e. The van der Waals surface area contributed by atoms with E-state index < -0.39 is 0 Å². The average Bonchev–Trinajstić information content (AvgIpc) is 2.96. The molecule has 4 aromatic rings. The molecule has 0 unspecified atom stereocenters. The van der Waals surface area contributed by atoms with Crippen molar-refractivity contribution in [2.45, 2.75) is 13.8 Å². The molecule has 40 heavy (non-hydrogen) atoms. The largest absolute Gasteiger partial charge is 0.481 e. The highest BCUT2D eigenvalue weighted by molar-refractivity contribution is 6.31. The maximum atomic E-state index is 8.75. The molecule has 10 heteroatoms. The summed E-state index contributed by atoms with van der Waals surface area (Å²) in [7, 11) is 3.13. The first-order valence-corrected chi connectivity index (χ1v) is 12.2. The predicted molar refractivity (Wildman–Crippen MR) is 151 cm³/mol. The van der Waals surface area contributed by atoms with E-state index in [-0.39, 0.29) is 11.4 Å². The third-order valence-corrected chi connectivity index (χ3v) is 5.74. The molecule has 0 amide bonds. The monoisotopic (exact) mass is 566 g/mol. The number of pyridine rings is 4. The van der Waals surface area contributed by atoms with Gasteiger partial charge in [0.1, 0.15) is 12.1 Å². The molecule has 0 bridgehead atoms. The maximum absolute atomic E-state index is 8.75. The van der Waals surface area contributed by atoms with Gasteiger partial charge in [-0.3, -0.25) is 0 Å². The maximum Gasteiger partial charge on any atom is 0.213 e. The third-order valence-electron chi connectivity index (χ3n) is 5.17. The Labute approximate surface area is 242 Å². The van der Waals surface area contributed by atoms with Gasteiger partial charge in [0.15, 0.2) is 11.4 Å². The van der Waals surface area contributed by atoms with Crippen LogP contribution in [0.4, 0.5) is 0 Å². The Hall–Kier alpha value is -5.12. The van der Waals surface area contributed by atoms with E-state index in [0.717, 1.165) is 22.3 Å². The summed E-state index contributed by atoms with van der Waals surface area (Å²) in [5, 5.41) is 18.1. The lowest BCUT2D eigenvalue weighted by Gasteiger charge is -2.01. The lowest BCUT2D eigenvalue weighted by molar-refractivity contribution is 0.397. The lowest BCUT2D eigenvalue weighted by Crippen LogP contribution is -1.91. The Bertz CT molecular complexity index is 1640. The molecule has 0 aliphatic rings. The van der Waals surface area contributed by atoms with Crippen molar-refractivity contribution in [3.8, 4) is 47.6 Å². The number of methoxy groups -OCH3 is 2. The van der Waals surface area contributed by atoms with Crippen LogP contribution in [0, 0.1) is 60.2 Å². The number of rotatable bonds is 2. The van der Waals surface area contributed by atoms with Crippen molar-refractivity contribution in [3.05, 3.63) is 104 Å². The van der Waals surface area contributed by atoms with Gasteiger partial charge in [-0.15, -0.1) is 0 Å². The minimum absolute atomic E-state index is 0.194. The molecular weight excluding hydrogens is 547 g/mol. The SMILES string of the molecule is COc1cc(C)c(C#Cc2cnc(C#N)c(Cl)c2)cn1.COc1cc(C)c(C#Cc2cnc(C#N)c(Cl)c2)cn1. The molecule has 8 nitrogen and oxygen atoms in total. The van der Waals surface area contributed by atoms with Crippen LogP contribution in [0.1, 0.15) is 44.8 Å². The second-order valence-electron chi connectivity index (χ2n) is 7.92. The van der Waals surface area contributed by atoms with Gasteiger partial charge in [0, 0.05) is 59.2 Å². The molecule has 0 aliphatic heterocycles. The summed E-state index contributed by atoms with van der Waals surface area (Å²) in [5.74, 6) is 13.0. The van der Waals surface area contributed by atoms with Gasteiger partial charge in [0.2, 0.25) is 11.8 Å². The smallest absolute Gasteiger partial charge is 0.213 e. The molecule has 4 heterocycles. The summed E-state index contributed by atoms with van der Waals surface area (Å²) in [6, 6.07) is 10.7. The summed E-state index contributed by atoms with van der Waals surface area (Å²) in [5.41, 5.74) is 5.21. The van der Waals surface area contributed by atoms with E-state index in [4.69, 9.17) is 43.2 Å². The number of nitrogens with zero attached hydrogens (tertiary/aromatic N) is 6. The molecule has 0 saturated carbocycles. The van der Waals surface area contributed by atoms with E-state index in [1.54, 1.807) is 38.7 Å². The summed E-state index contributed by atoms with van der Waals surface area (Å²) in [4.78, 5) is 16.1. The van der Waals surface area contributed by atoms with Crippen LogP contribution in [-0.4, -0.2) is 34.2 Å². The highest BCUT2D eigenvalue weighted by Crippen LogP contribution is 2.16. The van der Waals surface area contributed by atoms with Gasteiger partial charge in [-0.05, 0) is 37.1 Å². The van der Waals surface area contributed by atoms with Crippen molar-refractivity contribution in [3.63, 3.8) is 0 Å². The first-order chi connectivity index (χ1) is 19.3. The summed E-state index contributed by atoms with van der Waals surface area (Å²) in [6.45, 7) is 3.86. The molecule has 0 saturated heterocycles. The number of nitriles is 2. The van der Waals surface area contributed by atoms with Gasteiger partial charge >= 0.3 is 0 Å². The van der Waals surface area contributed by atoms with Gasteiger partial charge in [0.05, 0.1) is 24.3 Å². The fraction of sp³-hybridized carbons (Fsp3) is 0.133. The number of halogens is 2. The van der Waals surface area contributed by atoms with Gasteiger partial charge < -0.3 is 9.47 Å². The minimum atomic E-state index is 0.194. The van der Waals surface area contributed by atoms with Crippen molar-refractivity contribution >= 4 is 23.2 Å². The van der Waals surface area contributed by atoms with Crippen molar-refractivity contribution in [2.75, 3.05) is 14.2 Å². The van der Waals surface area contributed by atoms with Crippen LogP contribution < -0.4 is 9.47 Å². The van der Waals surface area contributed by atoms with E-state index >= 15 is 0 Å². The zero-order chi connectivity index (χ0) is 29.1. The van der Waals surface area contributed by atoms with E-state index in [1.807, 2.05) is 38.1 Å². The number of aromatic nitrogens is 4. The Morgan fingerprint density at radius 1 is 0.600 bits per heavy atom. The van der Waals surface area contributed by atoms with Gasteiger partial charge in [0.25, 0.3) is 0 Å². The first kappa shape index (κ1) is 29.4. The second kappa shape index (κ2) is 14.1. The quantitative estimate of drug-likeness (QED) is 0.294. The molecule has 4 rings (SSSR count). The van der Waals surface area contributed by atoms with Crippen LogP contribution in [0.15, 0.2) is 49.1 Å². The first-order valence-electron chi connectivity index (χ1n) is 11.4. The Balaban J connectivity index is 0.000000220. The Morgan fingerprint density at radius 2 is 1.00 bits per heavy atom. The fourth-order valence-corrected chi connectivity index (χ4v) is 3.42. The van der Waals surface area contributed by atoms with E-state index in [1.165, 1.54) is 12.4 Å². The van der Waals surface area contributed by atoms with Crippen LogP contribution >= 0.6 is 23.2 Å².